The molecule has 1 amide bonds. The van der Waals surface area contributed by atoms with E-state index >= 15 is 0 Å². The molecular formula is C16H16N2O4. The number of carbonyl (C=O) groups excluding carboxylic acids is 1. The van der Waals surface area contributed by atoms with Gasteiger partial charge in [-0.25, -0.2) is 9.79 Å². The third kappa shape index (κ3) is 3.14. The molecule has 0 saturated carbocycles. The van der Waals surface area contributed by atoms with E-state index in [-0.39, 0.29) is 19.3 Å². The van der Waals surface area contributed by atoms with Crippen molar-refractivity contribution in [2.45, 2.75) is 12.8 Å². The van der Waals surface area contributed by atoms with E-state index in [1.165, 1.54) is 0 Å². The van der Waals surface area contributed by atoms with Gasteiger partial charge in [0.1, 0.15) is 23.8 Å². The highest BCUT2D eigenvalue weighted by atomic mass is 16.6. The van der Waals surface area contributed by atoms with Crippen LogP contribution >= 0.6 is 0 Å². The van der Waals surface area contributed by atoms with Crippen molar-refractivity contribution >= 4 is 17.7 Å². The van der Waals surface area contributed by atoms with Crippen LogP contribution in [0.3, 0.4) is 0 Å². The normalized spacial score (nSPS) is 16.1. The van der Waals surface area contributed by atoms with Gasteiger partial charge in [-0.2, -0.15) is 0 Å². The van der Waals surface area contributed by atoms with Crippen LogP contribution in [-0.4, -0.2) is 43.2 Å². The Morgan fingerprint density at radius 1 is 1.41 bits per heavy atom. The Balaban J connectivity index is 1.68. The first-order valence-corrected chi connectivity index (χ1v) is 7.14. The number of aliphatic imine (C=N–C) groups is 1. The summed E-state index contributed by atoms with van der Waals surface area (Å²) in [4.78, 5) is 18.0. The van der Waals surface area contributed by atoms with Crippen molar-refractivity contribution in [3.05, 3.63) is 18.2 Å². The molecule has 0 radical (unpaired) electrons. The molecule has 1 saturated heterocycles. The number of hydrogen-bond donors (Lipinski definition) is 0. The van der Waals surface area contributed by atoms with Gasteiger partial charge in [0, 0.05) is 19.2 Å². The average Bonchev–Trinajstić information content (AvgIpc) is 3.07. The maximum Gasteiger partial charge on any atom is 0.415 e. The largest absolute Gasteiger partial charge is 0.481 e. The van der Waals surface area contributed by atoms with Crippen molar-refractivity contribution in [2.75, 3.05) is 26.3 Å². The number of nitrogens with zero attached hydrogens (tertiary/aromatic N) is 2. The van der Waals surface area contributed by atoms with E-state index in [2.05, 4.69) is 10.9 Å². The molecule has 2 aliphatic heterocycles. The van der Waals surface area contributed by atoms with E-state index in [1.54, 1.807) is 23.1 Å². The first kappa shape index (κ1) is 14.3. The number of fused-ring (bicyclic) bond motifs is 1. The molecule has 0 aromatic heterocycles. The standard InChI is InChI=1S/C16H16N2O4/c1-2-9-20-15-11-21-14-10-12(5-6-13(14)17-15)22-16(19)18-7-3-4-8-18/h1,5-6,10H,3-4,7-9,11H2. The van der Waals surface area contributed by atoms with Crippen molar-refractivity contribution < 1.29 is 19.0 Å². The number of carbonyl (C=O) groups is 1. The van der Waals surface area contributed by atoms with Gasteiger partial charge < -0.3 is 19.1 Å². The summed E-state index contributed by atoms with van der Waals surface area (Å²) < 4.78 is 16.2. The van der Waals surface area contributed by atoms with Gasteiger partial charge in [-0.1, -0.05) is 5.92 Å². The van der Waals surface area contributed by atoms with Crippen LogP contribution in [0.4, 0.5) is 10.5 Å². The fraction of sp³-hybridized carbons (Fsp3) is 0.375. The van der Waals surface area contributed by atoms with Crippen molar-refractivity contribution in [1.82, 2.24) is 4.90 Å². The monoisotopic (exact) mass is 300 g/mol. The van der Waals surface area contributed by atoms with E-state index in [0.717, 1.165) is 25.9 Å². The quantitative estimate of drug-likeness (QED) is 0.787. The fourth-order valence-corrected chi connectivity index (χ4v) is 2.34. The molecular weight excluding hydrogens is 284 g/mol. The molecule has 1 aromatic carbocycles. The molecule has 0 spiro atoms. The number of hydrogen-bond acceptors (Lipinski definition) is 5. The van der Waals surface area contributed by atoms with Crippen LogP contribution in [-0.2, 0) is 4.74 Å². The zero-order valence-electron chi connectivity index (χ0n) is 12.1. The summed E-state index contributed by atoms with van der Waals surface area (Å²) in [5.41, 5.74) is 0.624. The molecule has 2 heterocycles. The third-order valence-corrected chi connectivity index (χ3v) is 3.42. The van der Waals surface area contributed by atoms with Gasteiger partial charge in [0.2, 0.25) is 5.90 Å². The second kappa shape index (κ2) is 6.39. The lowest BCUT2D eigenvalue weighted by molar-refractivity contribution is 0.162. The Labute approximate surface area is 128 Å². The minimum absolute atomic E-state index is 0.156. The summed E-state index contributed by atoms with van der Waals surface area (Å²) in [5, 5.41) is 0. The Hall–Kier alpha value is -2.68. The van der Waals surface area contributed by atoms with Gasteiger partial charge in [0.05, 0.1) is 0 Å². The Morgan fingerprint density at radius 2 is 2.23 bits per heavy atom. The van der Waals surface area contributed by atoms with Crippen LogP contribution in [0.1, 0.15) is 12.8 Å². The lowest BCUT2D eigenvalue weighted by Gasteiger charge is -2.18. The van der Waals surface area contributed by atoms with Crippen LogP contribution in [0.25, 0.3) is 0 Å². The minimum atomic E-state index is -0.324. The van der Waals surface area contributed by atoms with E-state index in [0.29, 0.717) is 23.1 Å². The maximum atomic E-state index is 11.9. The second-order valence-electron chi connectivity index (χ2n) is 4.98. The van der Waals surface area contributed by atoms with E-state index in [9.17, 15) is 4.79 Å². The zero-order valence-corrected chi connectivity index (χ0v) is 12.1. The number of rotatable bonds is 2. The molecule has 6 nitrogen and oxygen atoms in total. The highest BCUT2D eigenvalue weighted by molar-refractivity contribution is 5.84. The lowest BCUT2D eigenvalue weighted by atomic mass is 10.2. The number of amides is 1. The van der Waals surface area contributed by atoms with E-state index < -0.39 is 0 Å². The molecule has 0 bridgehead atoms. The smallest absolute Gasteiger partial charge is 0.415 e. The molecule has 0 N–H and O–H groups in total. The Bertz CT molecular complexity index is 642. The highest BCUT2D eigenvalue weighted by Gasteiger charge is 2.21. The van der Waals surface area contributed by atoms with Gasteiger partial charge in [0.25, 0.3) is 0 Å². The van der Waals surface area contributed by atoms with Crippen molar-refractivity contribution in [3.63, 3.8) is 0 Å². The molecule has 0 atom stereocenters. The first-order valence-electron chi connectivity index (χ1n) is 7.14. The highest BCUT2D eigenvalue weighted by Crippen LogP contribution is 2.34. The molecule has 22 heavy (non-hydrogen) atoms. The summed E-state index contributed by atoms with van der Waals surface area (Å²) in [6, 6.07) is 5.06. The molecule has 2 aliphatic rings. The minimum Gasteiger partial charge on any atom is -0.481 e. The maximum absolute atomic E-state index is 11.9. The SMILES string of the molecule is C#CCOC1=Nc2ccc(OC(=O)N3CCCC3)cc2OC1. The van der Waals surface area contributed by atoms with Crippen molar-refractivity contribution in [1.29, 1.82) is 0 Å². The van der Waals surface area contributed by atoms with Crippen molar-refractivity contribution in [3.8, 4) is 23.8 Å². The Morgan fingerprint density at radius 3 is 3.00 bits per heavy atom. The topological polar surface area (TPSA) is 60.4 Å². The van der Waals surface area contributed by atoms with Gasteiger partial charge in [-0.15, -0.1) is 6.42 Å². The zero-order chi connectivity index (χ0) is 15.4. The summed E-state index contributed by atoms with van der Waals surface area (Å²) in [6.45, 7) is 1.86. The van der Waals surface area contributed by atoms with Gasteiger partial charge in [-0.3, -0.25) is 0 Å². The fourth-order valence-electron chi connectivity index (χ4n) is 2.34. The average molecular weight is 300 g/mol. The van der Waals surface area contributed by atoms with Crippen LogP contribution in [0.5, 0.6) is 11.5 Å². The first-order chi connectivity index (χ1) is 10.8. The number of likely N-dealkylation sites (tertiary alicyclic amines) is 1. The van der Waals surface area contributed by atoms with Crippen LogP contribution in [0, 0.1) is 12.3 Å². The van der Waals surface area contributed by atoms with Gasteiger partial charge >= 0.3 is 6.09 Å². The summed E-state index contributed by atoms with van der Waals surface area (Å²) in [6.07, 6.45) is 6.86. The molecule has 0 aliphatic carbocycles. The van der Waals surface area contributed by atoms with Crippen LogP contribution in [0.15, 0.2) is 23.2 Å². The molecule has 1 fully saturated rings. The molecule has 114 valence electrons. The third-order valence-electron chi connectivity index (χ3n) is 3.42. The van der Waals surface area contributed by atoms with E-state index in [4.69, 9.17) is 20.6 Å². The number of terminal acetylenes is 1. The summed E-state index contributed by atoms with van der Waals surface area (Å²) in [7, 11) is 0. The predicted octanol–water partition coefficient (Wildman–Crippen LogP) is 2.35. The molecule has 0 unspecified atom stereocenters. The number of benzene rings is 1. The second-order valence-corrected chi connectivity index (χ2v) is 4.98. The number of ether oxygens (including phenoxy) is 3. The molecule has 6 heteroatoms. The van der Waals surface area contributed by atoms with Crippen molar-refractivity contribution in [2.24, 2.45) is 4.99 Å². The van der Waals surface area contributed by atoms with Crippen LogP contribution < -0.4 is 9.47 Å². The van der Waals surface area contributed by atoms with Crippen LogP contribution in [0.2, 0.25) is 0 Å². The van der Waals surface area contributed by atoms with E-state index in [1.807, 2.05) is 0 Å². The predicted molar refractivity (Wildman–Crippen MR) is 80.6 cm³/mol. The summed E-state index contributed by atoms with van der Waals surface area (Å²) >= 11 is 0. The lowest BCUT2D eigenvalue weighted by Crippen LogP contribution is -2.30. The summed E-state index contributed by atoms with van der Waals surface area (Å²) in [5.74, 6) is 3.81. The van der Waals surface area contributed by atoms with Gasteiger partial charge in [-0.05, 0) is 25.0 Å². The molecule has 1 aromatic rings. The van der Waals surface area contributed by atoms with Gasteiger partial charge in [0.15, 0.2) is 6.61 Å². The molecule has 3 rings (SSSR count). The Kier molecular flexibility index (Phi) is 4.15.